The molecule has 5 nitrogen and oxygen atoms in total. The summed E-state index contributed by atoms with van der Waals surface area (Å²) in [6, 6.07) is 1.75. The van der Waals surface area contributed by atoms with Crippen LogP contribution < -0.4 is 10.4 Å². The van der Waals surface area contributed by atoms with Crippen LogP contribution in [0.3, 0.4) is 0 Å². The fourth-order valence-corrected chi connectivity index (χ4v) is 1.02. The third-order valence-electron chi connectivity index (χ3n) is 1.47. The van der Waals surface area contributed by atoms with Gasteiger partial charge in [0.25, 0.3) is 0 Å². The summed E-state index contributed by atoms with van der Waals surface area (Å²) in [5.41, 5.74) is 1.04. The first kappa shape index (κ1) is 6.09. The van der Waals surface area contributed by atoms with Gasteiger partial charge in [0.05, 0.1) is 0 Å². The third-order valence-corrected chi connectivity index (χ3v) is 1.47. The fourth-order valence-electron chi connectivity index (χ4n) is 1.02. The third kappa shape index (κ3) is 0.813. The Bertz CT molecular complexity index is 441. The van der Waals surface area contributed by atoms with E-state index in [-0.39, 0.29) is 5.56 Å². The zero-order valence-electron chi connectivity index (χ0n) is 5.96. The van der Waals surface area contributed by atoms with Gasteiger partial charge in [0.1, 0.15) is 5.52 Å². The van der Waals surface area contributed by atoms with E-state index in [0.29, 0.717) is 11.0 Å². The van der Waals surface area contributed by atoms with Gasteiger partial charge in [-0.1, -0.05) is 5.10 Å². The van der Waals surface area contributed by atoms with Gasteiger partial charge in [0, 0.05) is 11.3 Å². The number of aryl methyl sites for hydroxylation is 1. The second-order valence-electron chi connectivity index (χ2n) is 2.30. The first-order valence-electron chi connectivity index (χ1n) is 3.21. The molecule has 2 rings (SSSR count). The number of hydrogen-bond acceptors (Lipinski definition) is 2. The van der Waals surface area contributed by atoms with Crippen LogP contribution in [-0.2, 0) is 7.05 Å². The molecule has 0 fully saturated rings. The van der Waals surface area contributed by atoms with E-state index in [1.165, 1.54) is 4.80 Å². The Balaban J connectivity index is 3.02. The number of rotatable bonds is 0. The van der Waals surface area contributed by atoms with Gasteiger partial charge in [0.15, 0.2) is 12.6 Å². The molecule has 56 valence electrons. The van der Waals surface area contributed by atoms with Crippen LogP contribution in [-0.4, -0.2) is 15.2 Å². The van der Waals surface area contributed by atoms with Crippen molar-refractivity contribution >= 4 is 11.0 Å². The van der Waals surface area contributed by atoms with E-state index in [4.69, 9.17) is 0 Å². The van der Waals surface area contributed by atoms with Gasteiger partial charge >= 0.3 is 5.56 Å². The predicted octanol–water partition coefficient (Wildman–Crippen LogP) is -0.924. The Hall–Kier alpha value is -1.65. The van der Waals surface area contributed by atoms with E-state index in [2.05, 4.69) is 15.2 Å². The number of nitrogens with zero attached hydrogens (tertiary/aromatic N) is 2. The van der Waals surface area contributed by atoms with Crippen LogP contribution in [0.1, 0.15) is 0 Å². The van der Waals surface area contributed by atoms with Crippen LogP contribution in [0.15, 0.2) is 17.1 Å². The van der Waals surface area contributed by atoms with Crippen molar-refractivity contribution in [1.29, 1.82) is 0 Å². The summed E-state index contributed by atoms with van der Waals surface area (Å²) in [6.45, 7) is 0. The lowest BCUT2D eigenvalue weighted by Gasteiger charge is -1.83. The number of H-pyrrole nitrogens is 2. The number of fused-ring (bicyclic) bond motifs is 1. The van der Waals surface area contributed by atoms with E-state index in [1.54, 1.807) is 19.3 Å². The van der Waals surface area contributed by atoms with Gasteiger partial charge in [-0.05, 0) is 10.9 Å². The van der Waals surface area contributed by atoms with Crippen LogP contribution in [0, 0.1) is 0 Å². The number of nitrogens with one attached hydrogen (secondary N) is 2. The number of aromatic amines is 2. The lowest BCUT2D eigenvalue weighted by atomic mass is 10.5. The minimum absolute atomic E-state index is 0.150. The summed E-state index contributed by atoms with van der Waals surface area (Å²) >= 11 is 0. The van der Waals surface area contributed by atoms with Crippen LogP contribution in [0.2, 0.25) is 0 Å². The maximum Gasteiger partial charge on any atom is 0.325 e. The summed E-state index contributed by atoms with van der Waals surface area (Å²) in [7, 11) is 1.67. The average Bonchev–Trinajstić information content (AvgIpc) is 2.34. The number of aromatic nitrogens is 4. The number of hydrogen-bond donors (Lipinski definition) is 2. The Labute approximate surface area is 61.7 Å². The van der Waals surface area contributed by atoms with E-state index in [1.807, 2.05) is 0 Å². The molecule has 0 unspecified atom stereocenters. The Morgan fingerprint density at radius 2 is 2.45 bits per heavy atom. The van der Waals surface area contributed by atoms with Crippen LogP contribution >= 0.6 is 0 Å². The Morgan fingerprint density at radius 3 is 3.27 bits per heavy atom. The molecule has 0 aliphatic carbocycles. The minimum atomic E-state index is -0.150. The monoisotopic (exact) mass is 151 g/mol. The standard InChI is InChI=1S/C6H6N4O/c1-10-8-4-2-3-7-5(4)6(11)9-10/h2-3H,1H3,(H,9,11)/p+1. The molecule has 0 bridgehead atoms. The lowest BCUT2D eigenvalue weighted by Crippen LogP contribution is -2.42. The first-order chi connectivity index (χ1) is 5.27. The Kier molecular flexibility index (Phi) is 1.06. The molecule has 2 aromatic rings. The van der Waals surface area contributed by atoms with E-state index >= 15 is 0 Å². The summed E-state index contributed by atoms with van der Waals surface area (Å²) in [4.78, 5) is 15.3. The fraction of sp³-hybridized carbons (Fsp3) is 0.167. The molecule has 0 amide bonds. The van der Waals surface area contributed by atoms with Gasteiger partial charge in [-0.15, -0.1) is 0 Å². The van der Waals surface area contributed by atoms with Gasteiger partial charge in [-0.3, -0.25) is 4.79 Å². The molecule has 0 aliphatic heterocycles. The molecule has 0 saturated heterocycles. The topological polar surface area (TPSA) is 65.4 Å². The van der Waals surface area contributed by atoms with Crippen molar-refractivity contribution < 1.29 is 4.80 Å². The molecule has 2 heterocycles. The quantitative estimate of drug-likeness (QED) is 0.478. The average molecular weight is 151 g/mol. The Morgan fingerprint density at radius 1 is 1.64 bits per heavy atom. The normalized spacial score (nSPS) is 10.6. The van der Waals surface area contributed by atoms with Crippen molar-refractivity contribution in [3.63, 3.8) is 0 Å². The minimum Gasteiger partial charge on any atom is -0.355 e. The molecule has 11 heavy (non-hydrogen) atoms. The zero-order chi connectivity index (χ0) is 7.84. The molecule has 2 aromatic heterocycles. The van der Waals surface area contributed by atoms with Gasteiger partial charge < -0.3 is 4.98 Å². The van der Waals surface area contributed by atoms with Crippen molar-refractivity contribution in [2.45, 2.75) is 0 Å². The van der Waals surface area contributed by atoms with Crippen LogP contribution in [0.25, 0.3) is 11.0 Å². The molecule has 0 aliphatic rings. The highest BCUT2D eigenvalue weighted by atomic mass is 16.1. The molecule has 5 heteroatoms. The molecule has 0 aromatic carbocycles. The van der Waals surface area contributed by atoms with Gasteiger partial charge in [-0.25, -0.2) is 0 Å². The molecule has 0 atom stereocenters. The van der Waals surface area contributed by atoms with Crippen LogP contribution in [0.5, 0.6) is 0 Å². The maximum atomic E-state index is 11.1. The predicted molar refractivity (Wildman–Crippen MR) is 37.9 cm³/mol. The van der Waals surface area contributed by atoms with Crippen molar-refractivity contribution in [3.8, 4) is 0 Å². The highest BCUT2D eigenvalue weighted by molar-refractivity contribution is 5.71. The second kappa shape index (κ2) is 1.91. The molecule has 0 saturated carbocycles. The second-order valence-corrected chi connectivity index (χ2v) is 2.30. The lowest BCUT2D eigenvalue weighted by molar-refractivity contribution is -0.785. The molecular weight excluding hydrogens is 144 g/mol. The highest BCUT2D eigenvalue weighted by Gasteiger charge is 2.04. The SMILES string of the molecule is C[n+]1nc2cc[nH]c2c(=O)[nH]1. The van der Waals surface area contributed by atoms with Crippen molar-refractivity contribution in [2.24, 2.45) is 7.05 Å². The van der Waals surface area contributed by atoms with Gasteiger partial charge in [0.2, 0.25) is 0 Å². The molecular formula is C6H7N4O+. The van der Waals surface area contributed by atoms with Crippen molar-refractivity contribution in [1.82, 2.24) is 15.2 Å². The summed E-state index contributed by atoms with van der Waals surface area (Å²) in [5, 5.41) is 6.54. The maximum absolute atomic E-state index is 11.1. The summed E-state index contributed by atoms with van der Waals surface area (Å²) in [6.07, 6.45) is 1.69. The summed E-state index contributed by atoms with van der Waals surface area (Å²) < 4.78 is 0. The van der Waals surface area contributed by atoms with E-state index in [0.717, 1.165) is 0 Å². The highest BCUT2D eigenvalue weighted by Crippen LogP contribution is 1.97. The van der Waals surface area contributed by atoms with Gasteiger partial charge in [-0.2, -0.15) is 0 Å². The van der Waals surface area contributed by atoms with E-state index in [9.17, 15) is 4.79 Å². The van der Waals surface area contributed by atoms with E-state index < -0.39 is 0 Å². The van der Waals surface area contributed by atoms with Crippen molar-refractivity contribution in [2.75, 3.05) is 0 Å². The molecule has 2 N–H and O–H groups in total. The largest absolute Gasteiger partial charge is 0.355 e. The zero-order valence-corrected chi connectivity index (χ0v) is 5.96. The molecule has 0 radical (unpaired) electrons. The smallest absolute Gasteiger partial charge is 0.325 e. The summed E-state index contributed by atoms with van der Waals surface area (Å²) in [5.74, 6) is 0. The van der Waals surface area contributed by atoms with Crippen molar-refractivity contribution in [3.05, 3.63) is 22.6 Å². The first-order valence-corrected chi connectivity index (χ1v) is 3.21. The molecule has 0 spiro atoms. The van der Waals surface area contributed by atoms with Crippen LogP contribution in [0.4, 0.5) is 0 Å².